The van der Waals surface area contributed by atoms with Crippen LogP contribution >= 0.6 is 15.9 Å². The lowest BCUT2D eigenvalue weighted by molar-refractivity contribution is -0.0748. The third kappa shape index (κ3) is 1.28. The van der Waals surface area contributed by atoms with Gasteiger partial charge in [-0.05, 0) is 23.6 Å². The minimum absolute atomic E-state index is 0.0154. The lowest BCUT2D eigenvalue weighted by Crippen LogP contribution is -2.37. The van der Waals surface area contributed by atoms with Crippen LogP contribution in [0.15, 0.2) is 35.0 Å². The molecule has 2 aliphatic rings. The van der Waals surface area contributed by atoms with Crippen LogP contribution in [0.2, 0.25) is 0 Å². The maximum atomic E-state index is 6.45. The van der Waals surface area contributed by atoms with Crippen LogP contribution < -0.4 is 0 Å². The summed E-state index contributed by atoms with van der Waals surface area (Å²) in [5, 5.41) is 1.27. The molecule has 0 saturated heterocycles. The molecule has 0 aliphatic carbocycles. The zero-order valence-electron chi connectivity index (χ0n) is 12.2. The van der Waals surface area contributed by atoms with E-state index in [0.717, 1.165) is 4.47 Å². The molecule has 0 saturated carbocycles. The van der Waals surface area contributed by atoms with Crippen molar-refractivity contribution in [1.82, 2.24) is 4.57 Å². The Hall–Kier alpha value is -1.06. The van der Waals surface area contributed by atoms with Crippen LogP contribution in [0.25, 0.3) is 10.9 Å². The average Bonchev–Trinajstić information content (AvgIpc) is 3.01. The monoisotopic (exact) mass is 331 g/mol. The first-order valence-corrected chi connectivity index (χ1v) is 7.79. The van der Waals surface area contributed by atoms with Gasteiger partial charge >= 0.3 is 0 Å². The standard InChI is InChI=1S/C17H18BrNO/c1-16(2,3)17-7-5-12(20-17)13-11(18)9-10-6-8-19(4)15(10)14(13)17/h5-9,12H,1-4H3. The number of ether oxygens (including phenoxy) is 1. The van der Waals surface area contributed by atoms with Gasteiger partial charge in [0.25, 0.3) is 0 Å². The molecule has 0 amide bonds. The van der Waals surface area contributed by atoms with Crippen molar-refractivity contribution in [3.8, 4) is 0 Å². The van der Waals surface area contributed by atoms with Gasteiger partial charge in [-0.3, -0.25) is 0 Å². The van der Waals surface area contributed by atoms with Gasteiger partial charge in [0, 0.05) is 34.2 Å². The van der Waals surface area contributed by atoms with E-state index in [1.54, 1.807) is 0 Å². The number of nitrogens with zero attached hydrogens (tertiary/aromatic N) is 1. The van der Waals surface area contributed by atoms with Crippen LogP contribution in [-0.4, -0.2) is 4.57 Å². The predicted octanol–water partition coefficient (Wildman–Crippen LogP) is 4.82. The molecule has 1 aromatic carbocycles. The van der Waals surface area contributed by atoms with E-state index in [2.05, 4.69) is 78.8 Å². The summed E-state index contributed by atoms with van der Waals surface area (Å²) in [6.45, 7) is 6.76. The van der Waals surface area contributed by atoms with Crippen molar-refractivity contribution in [3.05, 3.63) is 46.1 Å². The fourth-order valence-electron chi connectivity index (χ4n) is 3.70. The van der Waals surface area contributed by atoms with Crippen molar-refractivity contribution < 1.29 is 4.74 Å². The molecule has 2 unspecified atom stereocenters. The van der Waals surface area contributed by atoms with E-state index in [9.17, 15) is 0 Å². The third-order valence-corrected chi connectivity index (χ3v) is 5.39. The molecule has 4 rings (SSSR count). The smallest absolute Gasteiger partial charge is 0.120 e. The first-order valence-electron chi connectivity index (χ1n) is 7.00. The van der Waals surface area contributed by atoms with Crippen molar-refractivity contribution in [2.75, 3.05) is 0 Å². The molecule has 2 nitrogen and oxygen atoms in total. The Morgan fingerprint density at radius 3 is 2.80 bits per heavy atom. The summed E-state index contributed by atoms with van der Waals surface area (Å²) in [7, 11) is 2.11. The summed E-state index contributed by atoms with van der Waals surface area (Å²) < 4.78 is 9.83. The number of aryl methyl sites for hydroxylation is 1. The fraction of sp³-hybridized carbons (Fsp3) is 0.412. The van der Waals surface area contributed by atoms with Crippen LogP contribution in [0.4, 0.5) is 0 Å². The first kappa shape index (κ1) is 12.7. The molecule has 2 aromatic rings. The Labute approximate surface area is 127 Å². The van der Waals surface area contributed by atoms with E-state index in [1.165, 1.54) is 22.0 Å². The lowest BCUT2D eigenvalue weighted by atomic mass is 9.70. The van der Waals surface area contributed by atoms with Crippen molar-refractivity contribution in [2.45, 2.75) is 32.5 Å². The number of aromatic nitrogens is 1. The van der Waals surface area contributed by atoms with Gasteiger partial charge in [0.2, 0.25) is 0 Å². The summed E-state index contributed by atoms with van der Waals surface area (Å²) in [5.41, 5.74) is 3.64. The van der Waals surface area contributed by atoms with Crippen LogP contribution in [-0.2, 0) is 17.4 Å². The largest absolute Gasteiger partial charge is 0.353 e. The Morgan fingerprint density at radius 2 is 2.10 bits per heavy atom. The third-order valence-electron chi connectivity index (χ3n) is 4.74. The maximum Gasteiger partial charge on any atom is 0.120 e. The Kier molecular flexibility index (Phi) is 2.26. The molecule has 0 N–H and O–H groups in total. The first-order chi connectivity index (χ1) is 9.35. The number of halogens is 1. The van der Waals surface area contributed by atoms with Crippen molar-refractivity contribution in [3.63, 3.8) is 0 Å². The van der Waals surface area contributed by atoms with Crippen LogP contribution in [0.1, 0.15) is 38.0 Å². The molecule has 2 aliphatic heterocycles. The minimum atomic E-state index is -0.318. The second-order valence-corrected chi connectivity index (χ2v) is 7.75. The molecule has 3 heteroatoms. The van der Waals surface area contributed by atoms with E-state index in [0.29, 0.717) is 0 Å². The van der Waals surface area contributed by atoms with Crippen LogP contribution in [0.5, 0.6) is 0 Å². The zero-order valence-corrected chi connectivity index (χ0v) is 13.8. The Balaban J connectivity index is 2.19. The average molecular weight is 332 g/mol. The van der Waals surface area contributed by atoms with Crippen LogP contribution in [0, 0.1) is 5.41 Å². The molecule has 104 valence electrons. The van der Waals surface area contributed by atoms with Gasteiger partial charge in [-0.25, -0.2) is 0 Å². The minimum Gasteiger partial charge on any atom is -0.353 e. The van der Waals surface area contributed by atoms with Gasteiger partial charge in [0.05, 0.1) is 5.52 Å². The van der Waals surface area contributed by atoms with E-state index in [4.69, 9.17) is 4.74 Å². The summed E-state index contributed by atoms with van der Waals surface area (Å²) in [6, 6.07) is 4.38. The van der Waals surface area contributed by atoms with E-state index < -0.39 is 0 Å². The second-order valence-electron chi connectivity index (χ2n) is 6.89. The molecule has 0 spiro atoms. The normalized spacial score (nSPS) is 27.6. The van der Waals surface area contributed by atoms with Gasteiger partial charge in [-0.1, -0.05) is 42.8 Å². The molecule has 2 bridgehead atoms. The molecular formula is C17H18BrNO. The maximum absolute atomic E-state index is 6.45. The SMILES string of the molecule is Cn1ccc2cc(Br)c3c(c21)C1(C(C)(C)C)C=CC3O1. The fourth-order valence-corrected chi connectivity index (χ4v) is 4.37. The highest BCUT2D eigenvalue weighted by molar-refractivity contribution is 9.10. The summed E-state index contributed by atoms with van der Waals surface area (Å²) in [6.07, 6.45) is 6.67. The van der Waals surface area contributed by atoms with Crippen molar-refractivity contribution in [1.29, 1.82) is 0 Å². The van der Waals surface area contributed by atoms with E-state index >= 15 is 0 Å². The Bertz CT molecular complexity index is 765. The van der Waals surface area contributed by atoms with Gasteiger partial charge in [0.15, 0.2) is 0 Å². The molecule has 0 fully saturated rings. The summed E-state index contributed by atoms with van der Waals surface area (Å²) in [4.78, 5) is 0. The molecule has 20 heavy (non-hydrogen) atoms. The van der Waals surface area contributed by atoms with E-state index in [-0.39, 0.29) is 17.1 Å². The van der Waals surface area contributed by atoms with Gasteiger partial charge in [-0.2, -0.15) is 0 Å². The molecule has 1 aromatic heterocycles. The predicted molar refractivity (Wildman–Crippen MR) is 84.7 cm³/mol. The highest BCUT2D eigenvalue weighted by Crippen LogP contribution is 2.61. The number of fused-ring (bicyclic) bond motifs is 7. The lowest BCUT2D eigenvalue weighted by Gasteiger charge is -2.38. The highest BCUT2D eigenvalue weighted by Gasteiger charge is 2.55. The van der Waals surface area contributed by atoms with Gasteiger partial charge in [0.1, 0.15) is 11.7 Å². The highest BCUT2D eigenvalue weighted by atomic mass is 79.9. The van der Waals surface area contributed by atoms with Crippen LogP contribution in [0.3, 0.4) is 0 Å². The van der Waals surface area contributed by atoms with Gasteiger partial charge in [-0.15, -0.1) is 0 Å². The number of benzene rings is 1. The zero-order chi connectivity index (χ0) is 14.3. The Morgan fingerprint density at radius 1 is 1.35 bits per heavy atom. The quantitative estimate of drug-likeness (QED) is 0.631. The molecule has 2 atom stereocenters. The van der Waals surface area contributed by atoms with Gasteiger partial charge < -0.3 is 9.30 Å². The number of hydrogen-bond donors (Lipinski definition) is 0. The topological polar surface area (TPSA) is 14.2 Å². The van der Waals surface area contributed by atoms with Crippen molar-refractivity contribution >= 4 is 26.8 Å². The van der Waals surface area contributed by atoms with E-state index in [1.807, 2.05) is 0 Å². The number of hydrogen-bond acceptors (Lipinski definition) is 1. The summed E-state index contributed by atoms with van der Waals surface area (Å²) in [5.74, 6) is 0. The second kappa shape index (κ2) is 3.58. The molecule has 0 radical (unpaired) electrons. The molecular weight excluding hydrogens is 314 g/mol. The molecule has 3 heterocycles. The van der Waals surface area contributed by atoms with Crippen molar-refractivity contribution in [2.24, 2.45) is 12.5 Å². The number of rotatable bonds is 0. The summed E-state index contributed by atoms with van der Waals surface area (Å²) >= 11 is 3.75.